The molecule has 1 aliphatic heterocycles. The van der Waals surface area contributed by atoms with Crippen LogP contribution in [0, 0.1) is 11.3 Å². The molecule has 2 unspecified atom stereocenters. The van der Waals surface area contributed by atoms with Crippen molar-refractivity contribution in [2.75, 3.05) is 6.54 Å². The molecule has 0 aromatic heterocycles. The van der Waals surface area contributed by atoms with Gasteiger partial charge in [0.25, 0.3) is 5.91 Å². The molecule has 4 heteroatoms. The minimum atomic E-state index is -0.563. The predicted molar refractivity (Wildman–Crippen MR) is 101 cm³/mol. The van der Waals surface area contributed by atoms with E-state index in [-0.39, 0.29) is 11.9 Å². The highest BCUT2D eigenvalue weighted by Crippen LogP contribution is 2.31. The highest BCUT2D eigenvalue weighted by atomic mass is 16.5. The van der Waals surface area contributed by atoms with Gasteiger partial charge in [0.1, 0.15) is 5.75 Å². The van der Waals surface area contributed by atoms with Gasteiger partial charge in [-0.25, -0.2) is 0 Å². The molecule has 1 fully saturated rings. The minimum absolute atomic E-state index is 0.0186. The summed E-state index contributed by atoms with van der Waals surface area (Å²) in [7, 11) is 0. The van der Waals surface area contributed by atoms with Gasteiger partial charge >= 0.3 is 0 Å². The lowest BCUT2D eigenvalue weighted by molar-refractivity contribution is -0.140. The van der Waals surface area contributed by atoms with Crippen LogP contribution in [0.4, 0.5) is 0 Å². The molecule has 2 aromatic rings. The van der Waals surface area contributed by atoms with E-state index in [1.54, 1.807) is 31.2 Å². The summed E-state index contributed by atoms with van der Waals surface area (Å²) in [5.41, 5.74) is 1.77. The SMILES string of the molecule is CC(Oc1ccc(C#N)cc1)C(=O)N1CCCCCC1c1ccccc1. The van der Waals surface area contributed by atoms with Crippen LogP contribution in [-0.2, 0) is 4.79 Å². The lowest BCUT2D eigenvalue weighted by atomic mass is 10.0. The van der Waals surface area contributed by atoms with E-state index in [0.29, 0.717) is 11.3 Å². The van der Waals surface area contributed by atoms with Gasteiger partial charge < -0.3 is 9.64 Å². The van der Waals surface area contributed by atoms with E-state index < -0.39 is 6.10 Å². The maximum Gasteiger partial charge on any atom is 0.263 e. The molecule has 1 aliphatic rings. The lowest BCUT2D eigenvalue weighted by Gasteiger charge is -2.32. The molecule has 1 amide bonds. The van der Waals surface area contributed by atoms with Crippen molar-refractivity contribution in [2.24, 2.45) is 0 Å². The number of benzene rings is 2. The van der Waals surface area contributed by atoms with Gasteiger partial charge in [0.2, 0.25) is 0 Å². The summed E-state index contributed by atoms with van der Waals surface area (Å²) in [6, 6.07) is 19.3. The fourth-order valence-electron chi connectivity index (χ4n) is 3.49. The molecule has 0 radical (unpaired) electrons. The van der Waals surface area contributed by atoms with Crippen LogP contribution in [-0.4, -0.2) is 23.5 Å². The van der Waals surface area contributed by atoms with Crippen molar-refractivity contribution in [3.05, 3.63) is 65.7 Å². The molecule has 1 saturated heterocycles. The first kappa shape index (κ1) is 18.0. The molecule has 134 valence electrons. The van der Waals surface area contributed by atoms with E-state index in [2.05, 4.69) is 18.2 Å². The van der Waals surface area contributed by atoms with Crippen molar-refractivity contribution in [1.29, 1.82) is 5.26 Å². The zero-order valence-corrected chi connectivity index (χ0v) is 15.1. The lowest BCUT2D eigenvalue weighted by Crippen LogP contribution is -2.42. The maximum absolute atomic E-state index is 13.1. The Hall–Kier alpha value is -2.80. The molecule has 0 saturated carbocycles. The van der Waals surface area contributed by atoms with Crippen LogP contribution in [0.5, 0.6) is 5.75 Å². The summed E-state index contributed by atoms with van der Waals surface area (Å²) in [5.74, 6) is 0.626. The van der Waals surface area contributed by atoms with Crippen LogP contribution in [0.3, 0.4) is 0 Å². The third-order valence-corrected chi connectivity index (χ3v) is 4.86. The molecule has 1 heterocycles. The Labute approximate surface area is 155 Å². The molecule has 3 rings (SSSR count). The second kappa shape index (κ2) is 8.53. The molecular weight excluding hydrogens is 324 g/mol. The number of amides is 1. The third-order valence-electron chi connectivity index (χ3n) is 4.86. The number of hydrogen-bond donors (Lipinski definition) is 0. The summed E-state index contributed by atoms with van der Waals surface area (Å²) in [6.07, 6.45) is 3.73. The topological polar surface area (TPSA) is 53.3 Å². The van der Waals surface area contributed by atoms with Crippen molar-refractivity contribution in [3.8, 4) is 11.8 Å². The highest BCUT2D eigenvalue weighted by molar-refractivity contribution is 5.81. The number of carbonyl (C=O) groups is 1. The number of nitriles is 1. The van der Waals surface area contributed by atoms with Crippen LogP contribution in [0.2, 0.25) is 0 Å². The fraction of sp³-hybridized carbons (Fsp3) is 0.364. The third kappa shape index (κ3) is 4.23. The number of ether oxygens (including phenoxy) is 1. The zero-order valence-electron chi connectivity index (χ0n) is 15.1. The van der Waals surface area contributed by atoms with Crippen molar-refractivity contribution in [2.45, 2.75) is 44.8 Å². The summed E-state index contributed by atoms with van der Waals surface area (Å²) in [4.78, 5) is 15.1. The summed E-state index contributed by atoms with van der Waals surface area (Å²) in [6.45, 7) is 2.56. The monoisotopic (exact) mass is 348 g/mol. The van der Waals surface area contributed by atoms with Gasteiger partial charge in [0.05, 0.1) is 17.7 Å². The van der Waals surface area contributed by atoms with E-state index in [1.807, 2.05) is 23.1 Å². The Morgan fingerprint density at radius 3 is 2.54 bits per heavy atom. The summed E-state index contributed by atoms with van der Waals surface area (Å²) >= 11 is 0. The average Bonchev–Trinajstić information content (AvgIpc) is 2.94. The van der Waals surface area contributed by atoms with E-state index >= 15 is 0 Å². The quantitative estimate of drug-likeness (QED) is 0.819. The van der Waals surface area contributed by atoms with Gasteiger partial charge in [0, 0.05) is 6.54 Å². The number of nitrogens with zero attached hydrogens (tertiary/aromatic N) is 2. The molecule has 0 N–H and O–H groups in total. The second-order valence-electron chi connectivity index (χ2n) is 6.70. The first-order valence-corrected chi connectivity index (χ1v) is 9.21. The molecule has 2 aromatic carbocycles. The van der Waals surface area contributed by atoms with Crippen molar-refractivity contribution in [1.82, 2.24) is 4.90 Å². The first-order valence-electron chi connectivity index (χ1n) is 9.21. The van der Waals surface area contributed by atoms with Gasteiger partial charge in [-0.15, -0.1) is 0 Å². The van der Waals surface area contributed by atoms with Crippen LogP contribution >= 0.6 is 0 Å². The Morgan fingerprint density at radius 1 is 1.12 bits per heavy atom. The first-order chi connectivity index (χ1) is 12.7. The molecule has 0 bridgehead atoms. The Balaban J connectivity index is 1.75. The maximum atomic E-state index is 13.1. The van der Waals surface area contributed by atoms with Crippen LogP contribution < -0.4 is 4.74 Å². The van der Waals surface area contributed by atoms with Crippen molar-refractivity contribution in [3.63, 3.8) is 0 Å². The van der Waals surface area contributed by atoms with Gasteiger partial charge in [-0.2, -0.15) is 5.26 Å². The Morgan fingerprint density at radius 2 is 1.85 bits per heavy atom. The second-order valence-corrected chi connectivity index (χ2v) is 6.70. The van der Waals surface area contributed by atoms with E-state index in [1.165, 1.54) is 5.56 Å². The van der Waals surface area contributed by atoms with Gasteiger partial charge in [-0.3, -0.25) is 4.79 Å². The Kier molecular flexibility index (Phi) is 5.91. The van der Waals surface area contributed by atoms with Crippen LogP contribution in [0.25, 0.3) is 0 Å². The molecule has 4 nitrogen and oxygen atoms in total. The molecule has 26 heavy (non-hydrogen) atoms. The van der Waals surface area contributed by atoms with Crippen molar-refractivity contribution < 1.29 is 9.53 Å². The van der Waals surface area contributed by atoms with Crippen molar-refractivity contribution >= 4 is 5.91 Å². The van der Waals surface area contributed by atoms with Crippen LogP contribution in [0.1, 0.15) is 49.8 Å². The van der Waals surface area contributed by atoms with Gasteiger partial charge in [0.15, 0.2) is 6.10 Å². The largest absolute Gasteiger partial charge is 0.481 e. The number of hydrogen-bond acceptors (Lipinski definition) is 3. The normalized spacial score (nSPS) is 18.5. The van der Waals surface area contributed by atoms with Gasteiger partial charge in [-0.05, 0) is 49.6 Å². The van der Waals surface area contributed by atoms with E-state index in [0.717, 1.165) is 32.2 Å². The molecule has 0 spiro atoms. The summed E-state index contributed by atoms with van der Waals surface area (Å²) in [5, 5.41) is 8.88. The van der Waals surface area contributed by atoms with E-state index in [4.69, 9.17) is 10.00 Å². The van der Waals surface area contributed by atoms with E-state index in [9.17, 15) is 4.79 Å². The smallest absolute Gasteiger partial charge is 0.263 e. The molecule has 2 atom stereocenters. The fourth-order valence-corrected chi connectivity index (χ4v) is 3.49. The minimum Gasteiger partial charge on any atom is -0.481 e. The average molecular weight is 348 g/mol. The highest BCUT2D eigenvalue weighted by Gasteiger charge is 2.30. The zero-order chi connectivity index (χ0) is 18.4. The number of rotatable bonds is 4. The number of carbonyl (C=O) groups excluding carboxylic acids is 1. The number of likely N-dealkylation sites (tertiary alicyclic amines) is 1. The molecular formula is C22H24N2O2. The summed E-state index contributed by atoms with van der Waals surface area (Å²) < 4.78 is 5.85. The van der Waals surface area contributed by atoms with Crippen LogP contribution in [0.15, 0.2) is 54.6 Å². The molecule has 0 aliphatic carbocycles. The van der Waals surface area contributed by atoms with Gasteiger partial charge in [-0.1, -0.05) is 43.2 Å². The standard InChI is InChI=1S/C22H24N2O2/c1-17(26-20-13-11-18(16-23)12-14-20)22(25)24-15-7-3-6-10-21(24)19-8-4-2-5-9-19/h2,4-5,8-9,11-14,17,21H,3,6-7,10,15H2,1H3. The Bertz CT molecular complexity index is 765. The predicted octanol–water partition coefficient (Wildman–Crippen LogP) is 4.47.